The Kier molecular flexibility index (Phi) is 20.2. The molecule has 200 valence electrons. The first-order valence-electron chi connectivity index (χ1n) is 12.3. The maximum atomic E-state index is 10.9. The van der Waals surface area contributed by atoms with Gasteiger partial charge in [-0.05, 0) is 37.9 Å². The number of benzene rings is 1. The molecule has 1 unspecified atom stereocenters. The van der Waals surface area contributed by atoms with Gasteiger partial charge in [-0.1, -0.05) is 82.2 Å². The van der Waals surface area contributed by atoms with E-state index in [0.29, 0.717) is 32.5 Å². The van der Waals surface area contributed by atoms with Gasteiger partial charge >= 0.3 is 15.2 Å². The Morgan fingerprint density at radius 1 is 0.824 bits per heavy atom. The van der Waals surface area contributed by atoms with Crippen molar-refractivity contribution in [2.45, 2.75) is 77.4 Å². The van der Waals surface area contributed by atoms with Gasteiger partial charge in [0.25, 0.3) is 0 Å². The SMILES string of the molecule is CCCCCCCCCCOC(NCCCP(=O)(O)O)c1ccccc1.NCCCP(=O)(O)O. The van der Waals surface area contributed by atoms with Gasteiger partial charge in [0.05, 0.1) is 12.3 Å². The minimum absolute atomic E-state index is 0.0938. The van der Waals surface area contributed by atoms with Crippen molar-refractivity contribution in [2.24, 2.45) is 5.73 Å². The van der Waals surface area contributed by atoms with Crippen molar-refractivity contribution in [3.8, 4) is 0 Å². The molecule has 1 aromatic rings. The molecule has 0 saturated carbocycles. The summed E-state index contributed by atoms with van der Waals surface area (Å²) in [5.74, 6) is 0. The lowest BCUT2D eigenvalue weighted by molar-refractivity contribution is 0.0262. The van der Waals surface area contributed by atoms with Crippen molar-refractivity contribution in [2.75, 3.05) is 32.0 Å². The van der Waals surface area contributed by atoms with E-state index in [1.165, 1.54) is 44.9 Å². The van der Waals surface area contributed by atoms with Crippen LogP contribution < -0.4 is 11.1 Å². The van der Waals surface area contributed by atoms with Crippen LogP contribution in [0.2, 0.25) is 0 Å². The second-order valence-corrected chi connectivity index (χ2v) is 11.9. The van der Waals surface area contributed by atoms with Crippen LogP contribution in [0.1, 0.15) is 82.9 Å². The van der Waals surface area contributed by atoms with Crippen LogP contribution in [-0.4, -0.2) is 51.6 Å². The van der Waals surface area contributed by atoms with E-state index in [9.17, 15) is 9.13 Å². The molecule has 0 aliphatic heterocycles. The fraction of sp³-hybridized carbons (Fsp3) is 0.739. The van der Waals surface area contributed by atoms with Crippen LogP contribution in [-0.2, 0) is 13.9 Å². The predicted molar refractivity (Wildman–Crippen MR) is 138 cm³/mol. The zero-order valence-electron chi connectivity index (χ0n) is 20.6. The summed E-state index contributed by atoms with van der Waals surface area (Å²) in [5.41, 5.74) is 6.04. The van der Waals surface area contributed by atoms with Crippen molar-refractivity contribution < 1.29 is 33.4 Å². The third-order valence-corrected chi connectivity index (χ3v) is 6.79. The molecule has 0 spiro atoms. The molecule has 1 atom stereocenters. The summed E-state index contributed by atoms with van der Waals surface area (Å²) in [6.45, 7) is 3.79. The van der Waals surface area contributed by atoms with Gasteiger partial charge in [0, 0.05) is 6.61 Å². The number of rotatable bonds is 19. The van der Waals surface area contributed by atoms with Crippen LogP contribution >= 0.6 is 15.2 Å². The molecule has 0 heterocycles. The minimum atomic E-state index is -3.92. The van der Waals surface area contributed by atoms with Gasteiger partial charge in [0.15, 0.2) is 0 Å². The Morgan fingerprint density at radius 2 is 1.35 bits per heavy atom. The standard InChI is InChI=1S/C20H36NO4P.C3H10NO3P/c1-2-3-4-5-6-7-8-12-17-25-20(19-14-10-9-11-15-19)21-16-13-18-26(22,23)24;4-2-1-3-8(5,6)7/h9-11,14-15,20-21H,2-8,12-13,16-18H2,1H3,(H2,22,23,24);1-4H2,(H2,5,6,7). The molecule has 0 aromatic heterocycles. The van der Waals surface area contributed by atoms with Crippen molar-refractivity contribution >= 4 is 15.2 Å². The second kappa shape index (κ2) is 20.6. The minimum Gasteiger partial charge on any atom is -0.359 e. The highest BCUT2D eigenvalue weighted by atomic mass is 31.2. The van der Waals surface area contributed by atoms with E-state index in [2.05, 4.69) is 12.2 Å². The molecule has 7 N–H and O–H groups in total. The van der Waals surface area contributed by atoms with E-state index in [1.807, 2.05) is 30.3 Å². The molecule has 0 aliphatic rings. The van der Waals surface area contributed by atoms with E-state index in [-0.39, 0.29) is 18.6 Å². The fourth-order valence-corrected chi connectivity index (χ4v) is 4.32. The Labute approximate surface area is 205 Å². The quantitative estimate of drug-likeness (QED) is 0.0868. The molecule has 0 radical (unpaired) electrons. The third kappa shape index (κ3) is 23.2. The van der Waals surface area contributed by atoms with E-state index in [1.54, 1.807) is 0 Å². The summed E-state index contributed by atoms with van der Waals surface area (Å²) in [4.78, 5) is 34.3. The van der Waals surface area contributed by atoms with Crippen LogP contribution in [0.25, 0.3) is 0 Å². The van der Waals surface area contributed by atoms with Crippen molar-refractivity contribution in [1.82, 2.24) is 5.32 Å². The molecule has 11 heteroatoms. The fourth-order valence-electron chi connectivity index (χ4n) is 3.15. The Balaban J connectivity index is 0.00000116. The average Bonchev–Trinajstić information content (AvgIpc) is 2.77. The first kappa shape index (κ1) is 33.4. The number of unbranched alkanes of at least 4 members (excludes halogenated alkanes) is 7. The van der Waals surface area contributed by atoms with Crippen LogP contribution in [0.4, 0.5) is 0 Å². The molecule has 0 fully saturated rings. The number of nitrogens with two attached hydrogens (primary N) is 1. The van der Waals surface area contributed by atoms with E-state index >= 15 is 0 Å². The van der Waals surface area contributed by atoms with Crippen molar-refractivity contribution in [3.63, 3.8) is 0 Å². The van der Waals surface area contributed by atoms with Gasteiger partial charge in [-0.25, -0.2) is 0 Å². The average molecular weight is 525 g/mol. The molecule has 0 saturated heterocycles. The highest BCUT2D eigenvalue weighted by Gasteiger charge is 2.14. The van der Waals surface area contributed by atoms with Gasteiger partial charge in [0.2, 0.25) is 0 Å². The molecule has 0 amide bonds. The van der Waals surface area contributed by atoms with Crippen molar-refractivity contribution in [3.05, 3.63) is 35.9 Å². The number of ether oxygens (including phenoxy) is 1. The highest BCUT2D eigenvalue weighted by molar-refractivity contribution is 7.52. The first-order chi connectivity index (χ1) is 16.1. The summed E-state index contributed by atoms with van der Waals surface area (Å²) < 4.78 is 27.0. The van der Waals surface area contributed by atoms with Gasteiger partial charge in [-0.2, -0.15) is 0 Å². The summed E-state index contributed by atoms with van der Waals surface area (Å²) in [6, 6.07) is 9.92. The predicted octanol–water partition coefficient (Wildman–Crippen LogP) is 4.51. The van der Waals surface area contributed by atoms with Crippen LogP contribution in [0.5, 0.6) is 0 Å². The normalized spacial score (nSPS) is 12.8. The van der Waals surface area contributed by atoms with Crippen LogP contribution in [0, 0.1) is 0 Å². The lowest BCUT2D eigenvalue weighted by Gasteiger charge is -2.20. The van der Waals surface area contributed by atoms with Gasteiger partial charge in [0.1, 0.15) is 6.23 Å². The molecule has 1 aromatic carbocycles. The van der Waals surface area contributed by atoms with Crippen LogP contribution in [0.3, 0.4) is 0 Å². The summed E-state index contributed by atoms with van der Waals surface area (Å²) >= 11 is 0. The Bertz CT molecular complexity index is 683. The van der Waals surface area contributed by atoms with Gasteiger partial charge in [-0.3, -0.25) is 14.4 Å². The summed E-state index contributed by atoms with van der Waals surface area (Å²) in [5, 5.41) is 3.27. The lowest BCUT2D eigenvalue weighted by atomic mass is 10.1. The molecular weight excluding hydrogens is 478 g/mol. The van der Waals surface area contributed by atoms with Crippen LogP contribution in [0.15, 0.2) is 30.3 Å². The molecular formula is C23H46N2O7P2. The maximum Gasteiger partial charge on any atom is 0.325 e. The second-order valence-electron chi connectivity index (χ2n) is 8.36. The highest BCUT2D eigenvalue weighted by Crippen LogP contribution is 2.35. The molecule has 0 aliphatic carbocycles. The summed E-state index contributed by atoms with van der Waals surface area (Å²) in [6.07, 6.45) is 10.5. The molecule has 0 bridgehead atoms. The van der Waals surface area contributed by atoms with Gasteiger partial charge in [-0.15, -0.1) is 0 Å². The van der Waals surface area contributed by atoms with Gasteiger partial charge < -0.3 is 30.0 Å². The number of hydrogen-bond acceptors (Lipinski definition) is 5. The maximum absolute atomic E-state index is 10.9. The Hall–Kier alpha value is -0.600. The van der Waals surface area contributed by atoms with E-state index in [0.717, 1.165) is 12.0 Å². The zero-order valence-corrected chi connectivity index (χ0v) is 22.3. The van der Waals surface area contributed by atoms with E-state index in [4.69, 9.17) is 30.0 Å². The third-order valence-electron chi connectivity index (χ3n) is 4.99. The first-order valence-corrected chi connectivity index (χ1v) is 15.9. The number of nitrogens with one attached hydrogen (secondary N) is 1. The molecule has 34 heavy (non-hydrogen) atoms. The number of hydrogen-bond donors (Lipinski definition) is 6. The topological polar surface area (TPSA) is 162 Å². The zero-order chi connectivity index (χ0) is 25.7. The van der Waals surface area contributed by atoms with Crippen molar-refractivity contribution in [1.29, 1.82) is 0 Å². The monoisotopic (exact) mass is 524 g/mol. The van der Waals surface area contributed by atoms with E-state index < -0.39 is 15.2 Å². The Morgan fingerprint density at radius 3 is 1.85 bits per heavy atom. The molecule has 1 rings (SSSR count). The smallest absolute Gasteiger partial charge is 0.325 e. The largest absolute Gasteiger partial charge is 0.359 e. The lowest BCUT2D eigenvalue weighted by Crippen LogP contribution is -2.26. The molecule has 9 nitrogen and oxygen atoms in total. The summed E-state index contributed by atoms with van der Waals surface area (Å²) in [7, 11) is -7.68.